The van der Waals surface area contributed by atoms with E-state index in [4.69, 9.17) is 9.72 Å². The van der Waals surface area contributed by atoms with Gasteiger partial charge in [0.1, 0.15) is 0 Å². The van der Waals surface area contributed by atoms with Gasteiger partial charge in [-0.2, -0.15) is 0 Å². The van der Waals surface area contributed by atoms with Crippen LogP contribution in [0.1, 0.15) is 56.7 Å². The molecule has 0 aromatic carbocycles. The molecule has 1 aliphatic carbocycles. The topological polar surface area (TPSA) is 66.0 Å². The molecule has 1 saturated heterocycles. The Balaban J connectivity index is 1.34. The van der Waals surface area contributed by atoms with Gasteiger partial charge in [-0.15, -0.1) is 0 Å². The Morgan fingerprint density at radius 1 is 1.13 bits per heavy atom. The zero-order chi connectivity index (χ0) is 21.8. The van der Waals surface area contributed by atoms with Crippen LogP contribution in [0.4, 0.5) is 10.5 Å². The van der Waals surface area contributed by atoms with Gasteiger partial charge in [0.2, 0.25) is 0 Å². The number of fused-ring (bicyclic) bond motifs is 1. The van der Waals surface area contributed by atoms with E-state index < -0.39 is 0 Å². The summed E-state index contributed by atoms with van der Waals surface area (Å²) in [6.45, 7) is 6.94. The Labute approximate surface area is 185 Å². The molecule has 2 amide bonds. The minimum atomic E-state index is -0.121. The summed E-state index contributed by atoms with van der Waals surface area (Å²) in [5.41, 5.74) is 3.43. The molecule has 3 aliphatic rings. The molecule has 0 radical (unpaired) electrons. The van der Waals surface area contributed by atoms with Gasteiger partial charge in [0, 0.05) is 50.8 Å². The molecule has 3 heterocycles. The van der Waals surface area contributed by atoms with E-state index in [2.05, 4.69) is 22.8 Å². The van der Waals surface area contributed by atoms with Gasteiger partial charge in [0.25, 0.3) is 0 Å². The molecule has 1 saturated carbocycles. The Morgan fingerprint density at radius 2 is 1.90 bits per heavy atom. The molecule has 0 spiro atoms. The molecule has 0 bridgehead atoms. The molecular formula is C24H36N4O3. The zero-order valence-corrected chi connectivity index (χ0v) is 19.0. The molecule has 1 aromatic rings. The maximum atomic E-state index is 13.2. The van der Waals surface area contributed by atoms with Crippen LogP contribution in [-0.2, 0) is 22.4 Å². The Kier molecular flexibility index (Phi) is 7.10. The number of rotatable bonds is 6. The van der Waals surface area contributed by atoms with E-state index in [0.717, 1.165) is 83.4 Å². The highest BCUT2D eigenvalue weighted by Crippen LogP contribution is 2.33. The second-order valence-electron chi connectivity index (χ2n) is 9.15. The van der Waals surface area contributed by atoms with E-state index in [1.807, 2.05) is 11.1 Å². The van der Waals surface area contributed by atoms with E-state index in [1.54, 1.807) is 0 Å². The number of pyridine rings is 1. The normalized spacial score (nSPS) is 24.8. The summed E-state index contributed by atoms with van der Waals surface area (Å²) >= 11 is 0. The Bertz CT molecular complexity index is 791. The molecule has 31 heavy (non-hydrogen) atoms. The molecule has 2 aliphatic heterocycles. The van der Waals surface area contributed by atoms with Crippen molar-refractivity contribution < 1.29 is 14.3 Å². The van der Waals surface area contributed by atoms with Crippen LogP contribution in [0, 0.1) is 5.92 Å². The lowest BCUT2D eigenvalue weighted by atomic mass is 9.83. The summed E-state index contributed by atoms with van der Waals surface area (Å²) < 4.78 is 4.76. The third-order valence-electron chi connectivity index (χ3n) is 7.45. The van der Waals surface area contributed by atoms with Crippen molar-refractivity contribution in [3.63, 3.8) is 0 Å². The molecule has 7 nitrogen and oxygen atoms in total. The third kappa shape index (κ3) is 5.03. The second-order valence-corrected chi connectivity index (χ2v) is 9.15. The van der Waals surface area contributed by atoms with Crippen molar-refractivity contribution in [2.75, 3.05) is 44.7 Å². The van der Waals surface area contributed by atoms with E-state index in [9.17, 15) is 9.59 Å². The number of carbonyl (C=O) groups excluding carboxylic acids is 2. The molecule has 7 heteroatoms. The lowest BCUT2D eigenvalue weighted by molar-refractivity contribution is -0.141. The lowest BCUT2D eigenvalue weighted by Crippen LogP contribution is -2.41. The molecule has 4 rings (SSSR count). The predicted octanol–water partition coefficient (Wildman–Crippen LogP) is 3.26. The van der Waals surface area contributed by atoms with Crippen molar-refractivity contribution in [3.05, 3.63) is 23.5 Å². The molecular weight excluding hydrogens is 392 g/mol. The predicted molar refractivity (Wildman–Crippen MR) is 120 cm³/mol. The number of anilines is 1. The molecule has 170 valence electrons. The van der Waals surface area contributed by atoms with Gasteiger partial charge < -0.3 is 14.5 Å². The van der Waals surface area contributed by atoms with E-state index >= 15 is 0 Å². The van der Waals surface area contributed by atoms with Crippen LogP contribution in [0.15, 0.2) is 12.3 Å². The highest BCUT2D eigenvalue weighted by atomic mass is 16.5. The van der Waals surface area contributed by atoms with Crippen LogP contribution < -0.4 is 4.90 Å². The van der Waals surface area contributed by atoms with Crippen molar-refractivity contribution in [1.29, 1.82) is 0 Å². The van der Waals surface area contributed by atoms with E-state index in [1.165, 1.54) is 18.4 Å². The fourth-order valence-electron chi connectivity index (χ4n) is 5.39. The monoisotopic (exact) mass is 428 g/mol. The molecule has 0 unspecified atom stereocenters. The standard InChI is InChI=1S/C24H36N4O3/c1-3-26-12-10-19-16-21(17-25-22(19)11-13-26)28-15-14-27(24(28)30)20-7-4-18(5-8-20)6-9-23(29)31-2/h16-18,20H,3-15H2,1-2H3. The average molecular weight is 429 g/mol. The highest BCUT2D eigenvalue weighted by molar-refractivity contribution is 5.94. The van der Waals surface area contributed by atoms with Gasteiger partial charge in [-0.25, -0.2) is 4.79 Å². The molecule has 2 fully saturated rings. The summed E-state index contributed by atoms with van der Waals surface area (Å²) in [5, 5.41) is 0. The fraction of sp³-hybridized carbons (Fsp3) is 0.708. The smallest absolute Gasteiger partial charge is 0.324 e. The van der Waals surface area contributed by atoms with Gasteiger partial charge in [-0.1, -0.05) is 6.92 Å². The van der Waals surface area contributed by atoms with Crippen molar-refractivity contribution in [2.45, 2.75) is 64.3 Å². The summed E-state index contributed by atoms with van der Waals surface area (Å²) in [6.07, 6.45) is 9.51. The number of carbonyl (C=O) groups is 2. The van der Waals surface area contributed by atoms with Crippen LogP contribution in [0.2, 0.25) is 0 Å². The largest absolute Gasteiger partial charge is 0.469 e. The number of likely N-dealkylation sites (N-methyl/N-ethyl adjacent to an activating group) is 1. The minimum absolute atomic E-state index is 0.121. The third-order valence-corrected chi connectivity index (χ3v) is 7.45. The van der Waals surface area contributed by atoms with Crippen LogP contribution in [0.25, 0.3) is 0 Å². The van der Waals surface area contributed by atoms with Gasteiger partial charge >= 0.3 is 12.0 Å². The number of methoxy groups -OCH3 is 1. The van der Waals surface area contributed by atoms with E-state index in [-0.39, 0.29) is 12.0 Å². The number of nitrogens with zero attached hydrogens (tertiary/aromatic N) is 4. The van der Waals surface area contributed by atoms with Crippen LogP contribution in [0.3, 0.4) is 0 Å². The van der Waals surface area contributed by atoms with Crippen molar-refractivity contribution in [1.82, 2.24) is 14.8 Å². The number of esters is 1. The van der Waals surface area contributed by atoms with Gasteiger partial charge in [-0.05, 0) is 62.6 Å². The van der Waals surface area contributed by atoms with Gasteiger partial charge in [0.05, 0.1) is 19.0 Å². The first-order valence-electron chi connectivity index (χ1n) is 11.9. The zero-order valence-electron chi connectivity index (χ0n) is 19.0. The summed E-state index contributed by atoms with van der Waals surface area (Å²) in [7, 11) is 1.45. The average Bonchev–Trinajstić information content (AvgIpc) is 3.06. The highest BCUT2D eigenvalue weighted by Gasteiger charge is 2.36. The first-order valence-corrected chi connectivity index (χ1v) is 11.9. The Morgan fingerprint density at radius 3 is 2.65 bits per heavy atom. The maximum Gasteiger partial charge on any atom is 0.324 e. The lowest BCUT2D eigenvalue weighted by Gasteiger charge is -2.34. The number of hydrogen-bond donors (Lipinski definition) is 0. The van der Waals surface area contributed by atoms with Gasteiger partial charge in [-0.3, -0.25) is 14.7 Å². The second kappa shape index (κ2) is 9.98. The first-order chi connectivity index (χ1) is 15.1. The molecule has 0 atom stereocenters. The number of aromatic nitrogens is 1. The minimum Gasteiger partial charge on any atom is -0.469 e. The fourth-order valence-corrected chi connectivity index (χ4v) is 5.39. The van der Waals surface area contributed by atoms with Crippen molar-refractivity contribution >= 4 is 17.7 Å². The quantitative estimate of drug-likeness (QED) is 0.651. The van der Waals surface area contributed by atoms with Gasteiger partial charge in [0.15, 0.2) is 0 Å². The molecule has 0 N–H and O–H groups in total. The summed E-state index contributed by atoms with van der Waals surface area (Å²) in [4.78, 5) is 35.8. The van der Waals surface area contributed by atoms with Crippen LogP contribution >= 0.6 is 0 Å². The first kappa shape index (κ1) is 22.1. The number of ether oxygens (including phenoxy) is 1. The van der Waals surface area contributed by atoms with Crippen molar-refractivity contribution in [2.24, 2.45) is 5.92 Å². The number of hydrogen-bond acceptors (Lipinski definition) is 5. The van der Waals surface area contributed by atoms with Crippen LogP contribution in [0.5, 0.6) is 0 Å². The molecule has 1 aromatic heterocycles. The maximum absolute atomic E-state index is 13.2. The SMILES string of the molecule is CCN1CCc2cc(N3CCN(C4CCC(CCC(=O)OC)CC4)C3=O)cnc2CC1. The van der Waals surface area contributed by atoms with Crippen molar-refractivity contribution in [3.8, 4) is 0 Å². The number of urea groups is 1. The Hall–Kier alpha value is -2.15. The van der Waals surface area contributed by atoms with Crippen LogP contribution in [-0.4, -0.2) is 72.7 Å². The summed E-state index contributed by atoms with van der Waals surface area (Å²) in [5.74, 6) is 0.449. The number of amides is 2. The van der Waals surface area contributed by atoms with E-state index in [0.29, 0.717) is 18.4 Å². The summed E-state index contributed by atoms with van der Waals surface area (Å²) in [6, 6.07) is 2.65.